The summed E-state index contributed by atoms with van der Waals surface area (Å²) in [5.41, 5.74) is 2.03. The highest BCUT2D eigenvalue weighted by Crippen LogP contribution is 2.22. The Kier molecular flexibility index (Phi) is 3.89. The van der Waals surface area contributed by atoms with E-state index in [1.54, 1.807) is 0 Å². The fourth-order valence-corrected chi connectivity index (χ4v) is 2.14. The molecule has 3 rings (SSSR count). The van der Waals surface area contributed by atoms with Gasteiger partial charge in [0.15, 0.2) is 16.6 Å². The SMILES string of the molecule is CCCCC#Cc1nc(Cl)c2[nH]c(-c3ccc[nH]3)nc2n1. The maximum absolute atomic E-state index is 6.18. The Morgan fingerprint density at radius 2 is 2.19 bits per heavy atom. The third-order valence-electron chi connectivity index (χ3n) is 3.02. The summed E-state index contributed by atoms with van der Waals surface area (Å²) in [4.78, 5) is 19.2. The molecule has 3 aromatic heterocycles. The zero-order valence-corrected chi connectivity index (χ0v) is 12.3. The normalized spacial score (nSPS) is 10.6. The van der Waals surface area contributed by atoms with E-state index in [0.29, 0.717) is 28.0 Å². The molecule has 3 aromatic rings. The minimum atomic E-state index is 0.338. The lowest BCUT2D eigenvalue weighted by Gasteiger charge is -1.93. The van der Waals surface area contributed by atoms with Crippen LogP contribution in [0.2, 0.25) is 5.15 Å². The fourth-order valence-electron chi connectivity index (χ4n) is 1.93. The average Bonchev–Trinajstić information content (AvgIpc) is 3.12. The summed E-state index contributed by atoms with van der Waals surface area (Å²) in [6.07, 6.45) is 4.86. The van der Waals surface area contributed by atoms with Gasteiger partial charge in [0.2, 0.25) is 5.82 Å². The van der Waals surface area contributed by atoms with Crippen molar-refractivity contribution in [1.82, 2.24) is 24.9 Å². The number of unbranched alkanes of at least 4 members (excludes halogenated alkanes) is 2. The van der Waals surface area contributed by atoms with E-state index in [-0.39, 0.29) is 0 Å². The molecule has 0 unspecified atom stereocenters. The van der Waals surface area contributed by atoms with Gasteiger partial charge in [-0.15, -0.1) is 0 Å². The first-order valence-corrected chi connectivity index (χ1v) is 7.21. The van der Waals surface area contributed by atoms with Crippen LogP contribution < -0.4 is 0 Å². The third-order valence-corrected chi connectivity index (χ3v) is 3.29. The quantitative estimate of drug-likeness (QED) is 0.441. The molecule has 0 spiro atoms. The molecular weight excluding hydrogens is 286 g/mol. The second kappa shape index (κ2) is 5.98. The van der Waals surface area contributed by atoms with Crippen LogP contribution in [0.3, 0.4) is 0 Å². The number of nitrogens with one attached hydrogen (secondary N) is 2. The summed E-state index contributed by atoms with van der Waals surface area (Å²) in [5.74, 6) is 7.08. The van der Waals surface area contributed by atoms with Crippen molar-refractivity contribution < 1.29 is 0 Å². The molecule has 0 bridgehead atoms. The van der Waals surface area contributed by atoms with Gasteiger partial charge in [0, 0.05) is 12.6 Å². The van der Waals surface area contributed by atoms with Crippen LogP contribution >= 0.6 is 11.6 Å². The summed E-state index contributed by atoms with van der Waals surface area (Å²) >= 11 is 6.18. The summed E-state index contributed by atoms with van der Waals surface area (Å²) in [5, 5.41) is 0.338. The Balaban J connectivity index is 1.97. The molecule has 0 saturated carbocycles. The first kappa shape index (κ1) is 13.7. The summed E-state index contributed by atoms with van der Waals surface area (Å²) in [6.45, 7) is 2.13. The van der Waals surface area contributed by atoms with Gasteiger partial charge in [0.05, 0.1) is 5.69 Å². The number of fused-ring (bicyclic) bond motifs is 1. The molecule has 0 atom stereocenters. The average molecular weight is 300 g/mol. The van der Waals surface area contributed by atoms with Gasteiger partial charge in [0.25, 0.3) is 0 Å². The molecule has 0 aliphatic heterocycles. The number of H-pyrrole nitrogens is 2. The van der Waals surface area contributed by atoms with E-state index in [0.717, 1.165) is 25.0 Å². The topological polar surface area (TPSA) is 70.2 Å². The van der Waals surface area contributed by atoms with Crippen molar-refractivity contribution in [2.45, 2.75) is 26.2 Å². The Labute approximate surface area is 127 Å². The summed E-state index contributed by atoms with van der Waals surface area (Å²) in [6, 6.07) is 3.82. The molecule has 21 heavy (non-hydrogen) atoms. The van der Waals surface area contributed by atoms with Crippen LogP contribution in [-0.4, -0.2) is 24.9 Å². The second-order valence-corrected chi connectivity index (χ2v) is 4.97. The lowest BCUT2D eigenvalue weighted by Crippen LogP contribution is -1.91. The number of aromatic amines is 2. The Hall–Kier alpha value is -2.32. The maximum Gasteiger partial charge on any atom is 0.208 e. The van der Waals surface area contributed by atoms with E-state index in [2.05, 4.69) is 43.7 Å². The van der Waals surface area contributed by atoms with Crippen molar-refractivity contribution in [1.29, 1.82) is 0 Å². The van der Waals surface area contributed by atoms with E-state index < -0.39 is 0 Å². The van der Waals surface area contributed by atoms with Crippen molar-refractivity contribution in [3.05, 3.63) is 29.3 Å². The van der Waals surface area contributed by atoms with E-state index in [4.69, 9.17) is 11.6 Å². The number of nitrogens with zero attached hydrogens (tertiary/aromatic N) is 3. The van der Waals surface area contributed by atoms with Gasteiger partial charge in [0.1, 0.15) is 5.52 Å². The zero-order chi connectivity index (χ0) is 14.7. The van der Waals surface area contributed by atoms with Crippen molar-refractivity contribution in [2.75, 3.05) is 0 Å². The molecule has 2 N–H and O–H groups in total. The molecule has 0 radical (unpaired) electrons. The number of rotatable bonds is 3. The smallest absolute Gasteiger partial charge is 0.208 e. The van der Waals surface area contributed by atoms with E-state index in [1.165, 1.54) is 0 Å². The van der Waals surface area contributed by atoms with Crippen LogP contribution in [0.4, 0.5) is 0 Å². The van der Waals surface area contributed by atoms with Crippen molar-refractivity contribution in [2.24, 2.45) is 0 Å². The zero-order valence-electron chi connectivity index (χ0n) is 11.6. The fraction of sp³-hybridized carbons (Fsp3) is 0.267. The minimum absolute atomic E-state index is 0.338. The van der Waals surface area contributed by atoms with Gasteiger partial charge in [-0.3, -0.25) is 0 Å². The summed E-state index contributed by atoms with van der Waals surface area (Å²) in [7, 11) is 0. The van der Waals surface area contributed by atoms with Crippen LogP contribution in [0.15, 0.2) is 18.3 Å². The first-order valence-electron chi connectivity index (χ1n) is 6.84. The molecule has 106 valence electrons. The Morgan fingerprint density at radius 1 is 1.29 bits per heavy atom. The monoisotopic (exact) mass is 299 g/mol. The van der Waals surface area contributed by atoms with Crippen molar-refractivity contribution in [3.63, 3.8) is 0 Å². The molecule has 0 amide bonds. The van der Waals surface area contributed by atoms with Crippen LogP contribution in [-0.2, 0) is 0 Å². The highest BCUT2D eigenvalue weighted by Gasteiger charge is 2.11. The highest BCUT2D eigenvalue weighted by molar-refractivity contribution is 6.33. The van der Waals surface area contributed by atoms with Crippen LogP contribution in [0.5, 0.6) is 0 Å². The Morgan fingerprint density at radius 3 is 2.95 bits per heavy atom. The third kappa shape index (κ3) is 2.91. The van der Waals surface area contributed by atoms with Crippen LogP contribution in [0.25, 0.3) is 22.7 Å². The van der Waals surface area contributed by atoms with E-state index >= 15 is 0 Å². The molecular formula is C15H14ClN5. The van der Waals surface area contributed by atoms with Crippen molar-refractivity contribution >= 4 is 22.8 Å². The number of halogens is 1. The van der Waals surface area contributed by atoms with E-state index in [1.807, 2.05) is 18.3 Å². The van der Waals surface area contributed by atoms with Crippen molar-refractivity contribution in [3.8, 4) is 23.4 Å². The minimum Gasteiger partial charge on any atom is -0.359 e. The number of hydrogen-bond acceptors (Lipinski definition) is 3. The highest BCUT2D eigenvalue weighted by atomic mass is 35.5. The van der Waals surface area contributed by atoms with Gasteiger partial charge in [-0.25, -0.2) is 9.97 Å². The Bertz CT molecular complexity index is 808. The van der Waals surface area contributed by atoms with Gasteiger partial charge in [-0.2, -0.15) is 4.98 Å². The summed E-state index contributed by atoms with van der Waals surface area (Å²) < 4.78 is 0. The first-order chi connectivity index (χ1) is 10.3. The predicted octanol–water partition coefficient (Wildman–Crippen LogP) is 3.54. The maximum atomic E-state index is 6.18. The van der Waals surface area contributed by atoms with Crippen LogP contribution in [0.1, 0.15) is 32.0 Å². The van der Waals surface area contributed by atoms with Gasteiger partial charge < -0.3 is 9.97 Å². The number of hydrogen-bond donors (Lipinski definition) is 2. The number of aromatic nitrogens is 5. The second-order valence-electron chi connectivity index (χ2n) is 4.61. The molecule has 0 aromatic carbocycles. The molecule has 0 aliphatic rings. The van der Waals surface area contributed by atoms with E-state index in [9.17, 15) is 0 Å². The lowest BCUT2D eigenvalue weighted by atomic mass is 10.2. The van der Waals surface area contributed by atoms with Crippen LogP contribution in [0, 0.1) is 11.8 Å². The molecule has 0 aliphatic carbocycles. The lowest BCUT2D eigenvalue weighted by molar-refractivity contribution is 0.828. The molecule has 5 nitrogen and oxygen atoms in total. The molecule has 3 heterocycles. The van der Waals surface area contributed by atoms with Gasteiger partial charge in [-0.1, -0.05) is 30.9 Å². The standard InChI is InChI=1S/C15H14ClN5/c1-2-3-4-5-8-11-18-13(16)12-15(19-11)21-14(20-12)10-7-6-9-17-10/h6-7,9,17H,2-4H2,1H3,(H,18,19,20,21). The van der Waals surface area contributed by atoms with Gasteiger partial charge in [-0.05, 0) is 24.5 Å². The van der Waals surface area contributed by atoms with Gasteiger partial charge >= 0.3 is 0 Å². The molecule has 6 heteroatoms. The number of imidazole rings is 1. The predicted molar refractivity (Wildman–Crippen MR) is 82.9 cm³/mol. The molecule has 0 saturated heterocycles. The molecule has 0 fully saturated rings. The largest absolute Gasteiger partial charge is 0.359 e.